The fourth-order valence-corrected chi connectivity index (χ4v) is 2.60. The Morgan fingerprint density at radius 1 is 1.45 bits per heavy atom. The average Bonchev–Trinajstić information content (AvgIpc) is 2.47. The highest BCUT2D eigenvalue weighted by Crippen LogP contribution is 2.23. The van der Waals surface area contributed by atoms with Gasteiger partial charge in [0.05, 0.1) is 13.5 Å². The third-order valence-electron chi connectivity index (χ3n) is 4.02. The van der Waals surface area contributed by atoms with Crippen molar-refractivity contribution < 1.29 is 9.53 Å². The van der Waals surface area contributed by atoms with E-state index in [2.05, 4.69) is 13.5 Å². The number of rotatable bonds is 4. The van der Waals surface area contributed by atoms with E-state index in [9.17, 15) is 4.79 Å². The summed E-state index contributed by atoms with van der Waals surface area (Å²) in [7, 11) is 1.64. The van der Waals surface area contributed by atoms with Crippen molar-refractivity contribution in [3.05, 3.63) is 35.9 Å². The number of nitrogens with zero attached hydrogens (tertiary/aromatic N) is 1. The average molecular weight is 273 g/mol. The molecule has 0 saturated carbocycles. The van der Waals surface area contributed by atoms with E-state index in [-0.39, 0.29) is 5.91 Å². The maximum absolute atomic E-state index is 12.4. The predicted octanol–water partition coefficient (Wildman–Crippen LogP) is 3.14. The Kier molecular flexibility index (Phi) is 4.83. The van der Waals surface area contributed by atoms with Gasteiger partial charge in [-0.15, -0.1) is 0 Å². The van der Waals surface area contributed by atoms with Crippen molar-refractivity contribution in [2.45, 2.75) is 26.2 Å². The van der Waals surface area contributed by atoms with Gasteiger partial charge in [-0.05, 0) is 36.5 Å². The Balaban J connectivity index is 2.08. The molecule has 0 aliphatic carbocycles. The predicted molar refractivity (Wildman–Crippen MR) is 81.8 cm³/mol. The van der Waals surface area contributed by atoms with Gasteiger partial charge < -0.3 is 9.64 Å². The van der Waals surface area contributed by atoms with Crippen LogP contribution >= 0.6 is 0 Å². The molecule has 0 radical (unpaired) electrons. The van der Waals surface area contributed by atoms with Gasteiger partial charge in [0.2, 0.25) is 5.91 Å². The van der Waals surface area contributed by atoms with Crippen molar-refractivity contribution in [1.29, 1.82) is 0 Å². The Hall–Kier alpha value is -1.77. The SMILES string of the molecule is C=Cc1ccc(OC)c(CC(=O)N2CCC(C)CC2)c1. The van der Waals surface area contributed by atoms with E-state index >= 15 is 0 Å². The number of likely N-dealkylation sites (tertiary alicyclic amines) is 1. The van der Waals surface area contributed by atoms with Crippen molar-refractivity contribution >= 4 is 12.0 Å². The third-order valence-corrected chi connectivity index (χ3v) is 4.02. The largest absolute Gasteiger partial charge is 0.496 e. The quantitative estimate of drug-likeness (QED) is 0.843. The van der Waals surface area contributed by atoms with Crippen molar-refractivity contribution in [3.8, 4) is 5.75 Å². The van der Waals surface area contributed by atoms with Crippen LogP contribution in [-0.4, -0.2) is 31.0 Å². The van der Waals surface area contributed by atoms with Crippen LogP contribution in [0.3, 0.4) is 0 Å². The van der Waals surface area contributed by atoms with Crippen LogP contribution in [0.5, 0.6) is 5.75 Å². The molecule has 1 aliphatic rings. The number of ether oxygens (including phenoxy) is 1. The van der Waals surface area contributed by atoms with Gasteiger partial charge in [0, 0.05) is 18.7 Å². The van der Waals surface area contributed by atoms with E-state index in [0.29, 0.717) is 6.42 Å². The molecule has 0 bridgehead atoms. The molecule has 0 aromatic heterocycles. The van der Waals surface area contributed by atoms with Crippen molar-refractivity contribution in [1.82, 2.24) is 4.90 Å². The zero-order valence-corrected chi connectivity index (χ0v) is 12.4. The third kappa shape index (κ3) is 3.41. The molecule has 108 valence electrons. The molecule has 3 heteroatoms. The van der Waals surface area contributed by atoms with Gasteiger partial charge in [0.25, 0.3) is 0 Å². The standard InChI is InChI=1S/C17H23NO2/c1-4-14-5-6-16(20-3)15(11-14)12-17(19)18-9-7-13(2)8-10-18/h4-6,11,13H,1,7-10,12H2,2-3H3. The van der Waals surface area contributed by atoms with Crippen LogP contribution in [0.25, 0.3) is 6.08 Å². The van der Waals surface area contributed by atoms with Gasteiger partial charge in [-0.2, -0.15) is 0 Å². The highest BCUT2D eigenvalue weighted by molar-refractivity contribution is 5.80. The summed E-state index contributed by atoms with van der Waals surface area (Å²) in [5, 5.41) is 0. The van der Waals surface area contributed by atoms with Crippen LogP contribution < -0.4 is 4.74 Å². The Morgan fingerprint density at radius 2 is 2.15 bits per heavy atom. The summed E-state index contributed by atoms with van der Waals surface area (Å²) in [4.78, 5) is 14.4. The first-order valence-corrected chi connectivity index (χ1v) is 7.21. The Labute approximate surface area is 121 Å². The van der Waals surface area contributed by atoms with E-state index in [1.54, 1.807) is 13.2 Å². The first kappa shape index (κ1) is 14.6. The smallest absolute Gasteiger partial charge is 0.227 e. The summed E-state index contributed by atoms with van der Waals surface area (Å²) in [6.45, 7) is 7.77. The molecule has 20 heavy (non-hydrogen) atoms. The Bertz CT molecular complexity index is 488. The molecular formula is C17H23NO2. The highest BCUT2D eigenvalue weighted by atomic mass is 16.5. The molecule has 1 saturated heterocycles. The zero-order chi connectivity index (χ0) is 14.5. The molecule has 1 amide bonds. The summed E-state index contributed by atoms with van der Waals surface area (Å²) in [5.74, 6) is 1.70. The molecule has 1 aromatic carbocycles. The van der Waals surface area contributed by atoms with E-state index in [0.717, 1.165) is 48.7 Å². The normalized spacial score (nSPS) is 16.0. The molecule has 1 heterocycles. The van der Waals surface area contributed by atoms with Gasteiger partial charge in [0.1, 0.15) is 5.75 Å². The van der Waals surface area contributed by atoms with Crippen LogP contribution in [0.15, 0.2) is 24.8 Å². The highest BCUT2D eigenvalue weighted by Gasteiger charge is 2.21. The number of carbonyl (C=O) groups excluding carboxylic acids is 1. The maximum atomic E-state index is 12.4. The number of piperidine rings is 1. The molecule has 0 unspecified atom stereocenters. The van der Waals surface area contributed by atoms with Gasteiger partial charge in [-0.25, -0.2) is 0 Å². The molecular weight excluding hydrogens is 250 g/mol. The lowest BCUT2D eigenvalue weighted by atomic mass is 9.98. The first-order chi connectivity index (χ1) is 9.63. The lowest BCUT2D eigenvalue weighted by molar-refractivity contribution is -0.131. The summed E-state index contributed by atoms with van der Waals surface area (Å²) in [6, 6.07) is 5.83. The van der Waals surface area contributed by atoms with E-state index in [1.165, 1.54) is 0 Å². The van der Waals surface area contributed by atoms with E-state index in [1.807, 2.05) is 23.1 Å². The van der Waals surface area contributed by atoms with Crippen LogP contribution in [0, 0.1) is 5.92 Å². The molecule has 0 spiro atoms. The van der Waals surface area contributed by atoms with Crippen LogP contribution in [0.1, 0.15) is 30.9 Å². The second kappa shape index (κ2) is 6.60. The van der Waals surface area contributed by atoms with Crippen LogP contribution in [0.2, 0.25) is 0 Å². The number of hydrogen-bond donors (Lipinski definition) is 0. The summed E-state index contributed by atoms with van der Waals surface area (Å²) in [6.07, 6.45) is 4.40. The molecule has 3 nitrogen and oxygen atoms in total. The van der Waals surface area contributed by atoms with Gasteiger partial charge in [-0.3, -0.25) is 4.79 Å². The monoisotopic (exact) mass is 273 g/mol. The van der Waals surface area contributed by atoms with Crippen LogP contribution in [0.4, 0.5) is 0 Å². The number of amides is 1. The molecule has 1 fully saturated rings. The minimum atomic E-state index is 0.191. The topological polar surface area (TPSA) is 29.5 Å². The fraction of sp³-hybridized carbons (Fsp3) is 0.471. The second-order valence-corrected chi connectivity index (χ2v) is 5.52. The van der Waals surface area contributed by atoms with Crippen molar-refractivity contribution in [3.63, 3.8) is 0 Å². The molecule has 0 N–H and O–H groups in total. The van der Waals surface area contributed by atoms with Gasteiger partial charge >= 0.3 is 0 Å². The lowest BCUT2D eigenvalue weighted by Crippen LogP contribution is -2.38. The minimum Gasteiger partial charge on any atom is -0.496 e. The second-order valence-electron chi connectivity index (χ2n) is 5.52. The minimum absolute atomic E-state index is 0.191. The van der Waals surface area contributed by atoms with E-state index < -0.39 is 0 Å². The van der Waals surface area contributed by atoms with Gasteiger partial charge in [-0.1, -0.05) is 25.6 Å². The molecule has 0 atom stereocenters. The Morgan fingerprint density at radius 3 is 2.75 bits per heavy atom. The van der Waals surface area contributed by atoms with Crippen molar-refractivity contribution in [2.24, 2.45) is 5.92 Å². The fourth-order valence-electron chi connectivity index (χ4n) is 2.60. The van der Waals surface area contributed by atoms with Crippen molar-refractivity contribution in [2.75, 3.05) is 20.2 Å². The zero-order valence-electron chi connectivity index (χ0n) is 12.4. The number of benzene rings is 1. The molecule has 1 aromatic rings. The van der Waals surface area contributed by atoms with E-state index in [4.69, 9.17) is 4.74 Å². The number of carbonyl (C=O) groups is 1. The number of methoxy groups -OCH3 is 1. The van der Waals surface area contributed by atoms with Crippen LogP contribution in [-0.2, 0) is 11.2 Å². The van der Waals surface area contributed by atoms with Gasteiger partial charge in [0.15, 0.2) is 0 Å². The summed E-state index contributed by atoms with van der Waals surface area (Å²) in [5.41, 5.74) is 1.95. The number of hydrogen-bond acceptors (Lipinski definition) is 2. The molecule has 1 aliphatic heterocycles. The maximum Gasteiger partial charge on any atom is 0.227 e. The summed E-state index contributed by atoms with van der Waals surface area (Å²) < 4.78 is 5.35. The molecule has 2 rings (SSSR count). The lowest BCUT2D eigenvalue weighted by Gasteiger charge is -2.30. The first-order valence-electron chi connectivity index (χ1n) is 7.21. The summed E-state index contributed by atoms with van der Waals surface area (Å²) >= 11 is 0.